The number of hydrogen-bond donors (Lipinski definition) is 2. The molecule has 6 nitrogen and oxygen atoms in total. The van der Waals surface area contributed by atoms with Gasteiger partial charge < -0.3 is 16.0 Å². The van der Waals surface area contributed by atoms with E-state index in [2.05, 4.69) is 65.3 Å². The number of nitrogens with two attached hydrogens (primary N) is 1. The van der Waals surface area contributed by atoms with E-state index < -0.39 is 0 Å². The third-order valence-electron chi connectivity index (χ3n) is 5.38. The van der Waals surface area contributed by atoms with E-state index >= 15 is 0 Å². The Morgan fingerprint density at radius 3 is 2.64 bits per heavy atom. The molecule has 0 spiro atoms. The fraction of sp³-hybridized carbons (Fsp3) is 0.619. The van der Waals surface area contributed by atoms with E-state index in [1.54, 1.807) is 0 Å². The highest BCUT2D eigenvalue weighted by atomic mass is 127. The van der Waals surface area contributed by atoms with Crippen LogP contribution in [-0.4, -0.2) is 54.9 Å². The molecule has 2 rings (SSSR count). The van der Waals surface area contributed by atoms with Crippen molar-refractivity contribution < 1.29 is 4.79 Å². The van der Waals surface area contributed by atoms with E-state index in [1.807, 2.05) is 7.05 Å². The van der Waals surface area contributed by atoms with Crippen molar-refractivity contribution in [3.63, 3.8) is 0 Å². The fourth-order valence-corrected chi connectivity index (χ4v) is 3.55. The molecule has 1 aliphatic heterocycles. The Morgan fingerprint density at radius 1 is 1.36 bits per heavy atom. The van der Waals surface area contributed by atoms with Crippen LogP contribution < -0.4 is 11.1 Å². The number of rotatable bonds is 7. The zero-order valence-corrected chi connectivity index (χ0v) is 20.0. The summed E-state index contributed by atoms with van der Waals surface area (Å²) in [5.41, 5.74) is 8.01. The number of nitrogens with one attached hydrogen (secondary N) is 1. The molecular formula is C21H36IN5O. The lowest BCUT2D eigenvalue weighted by molar-refractivity contribution is -0.119. The quantitative estimate of drug-likeness (QED) is 0.343. The zero-order valence-electron chi connectivity index (χ0n) is 17.6. The molecule has 1 unspecified atom stereocenters. The second-order valence-electron chi connectivity index (χ2n) is 7.80. The van der Waals surface area contributed by atoms with E-state index in [0.29, 0.717) is 18.4 Å². The average molecular weight is 501 g/mol. The van der Waals surface area contributed by atoms with Gasteiger partial charge in [0.05, 0.1) is 0 Å². The summed E-state index contributed by atoms with van der Waals surface area (Å²) < 4.78 is 0. The predicted molar refractivity (Wildman–Crippen MR) is 127 cm³/mol. The Balaban J connectivity index is 0.00000392. The van der Waals surface area contributed by atoms with Gasteiger partial charge in [0, 0.05) is 45.7 Å². The van der Waals surface area contributed by atoms with Crippen LogP contribution in [0.4, 0.5) is 0 Å². The van der Waals surface area contributed by atoms with Crippen LogP contribution in [0.25, 0.3) is 0 Å². The van der Waals surface area contributed by atoms with Gasteiger partial charge in [-0.15, -0.1) is 24.0 Å². The summed E-state index contributed by atoms with van der Waals surface area (Å²) in [5, 5.41) is 3.51. The summed E-state index contributed by atoms with van der Waals surface area (Å²) in [5.74, 6) is 1.01. The number of carbonyl (C=O) groups is 1. The first-order valence-corrected chi connectivity index (χ1v) is 9.91. The van der Waals surface area contributed by atoms with Crippen LogP contribution >= 0.6 is 24.0 Å². The second kappa shape index (κ2) is 12.3. The number of nitrogens with zero attached hydrogens (tertiary/aromatic N) is 3. The number of benzene rings is 1. The van der Waals surface area contributed by atoms with Gasteiger partial charge in [0.1, 0.15) is 0 Å². The van der Waals surface area contributed by atoms with Crippen LogP contribution in [0, 0.1) is 5.92 Å². The van der Waals surface area contributed by atoms with Gasteiger partial charge in [-0.2, -0.15) is 0 Å². The van der Waals surface area contributed by atoms with Crippen LogP contribution in [-0.2, 0) is 17.9 Å². The van der Waals surface area contributed by atoms with E-state index in [0.717, 1.165) is 45.0 Å². The van der Waals surface area contributed by atoms with Gasteiger partial charge in [0.25, 0.3) is 0 Å². The van der Waals surface area contributed by atoms with Gasteiger partial charge in [-0.05, 0) is 50.8 Å². The first-order chi connectivity index (χ1) is 12.9. The fourth-order valence-electron chi connectivity index (χ4n) is 3.55. The van der Waals surface area contributed by atoms with Gasteiger partial charge in [-0.1, -0.05) is 24.3 Å². The van der Waals surface area contributed by atoms with Crippen molar-refractivity contribution >= 4 is 35.8 Å². The van der Waals surface area contributed by atoms with Crippen LogP contribution in [0.15, 0.2) is 29.3 Å². The minimum Gasteiger partial charge on any atom is -0.370 e. The highest BCUT2D eigenvalue weighted by molar-refractivity contribution is 14.0. The average Bonchev–Trinajstić information content (AvgIpc) is 2.63. The van der Waals surface area contributed by atoms with Crippen molar-refractivity contribution in [3.05, 3.63) is 35.4 Å². The number of halogens is 1. The summed E-state index contributed by atoms with van der Waals surface area (Å²) in [6.07, 6.45) is 2.58. The number of amides is 1. The van der Waals surface area contributed by atoms with Crippen molar-refractivity contribution in [2.45, 2.75) is 52.2 Å². The monoisotopic (exact) mass is 501 g/mol. The third-order valence-corrected chi connectivity index (χ3v) is 5.38. The van der Waals surface area contributed by atoms with Gasteiger partial charge in [-0.25, -0.2) is 0 Å². The van der Waals surface area contributed by atoms with Gasteiger partial charge in [0.2, 0.25) is 5.91 Å². The summed E-state index contributed by atoms with van der Waals surface area (Å²) in [4.78, 5) is 20.3. The number of primary amides is 1. The van der Waals surface area contributed by atoms with Gasteiger partial charge >= 0.3 is 0 Å². The maximum Gasteiger partial charge on any atom is 0.217 e. The standard InChI is InChI=1S/C21H35N5O.HI/c1-16(2)25(4)15-19-10-6-5-9-18(19)13-24-21(23-3)26-11-7-8-17(14-26)12-20(22)27;/h5-6,9-10,16-17H,7-8,11-15H2,1-4H3,(H2,22,27)(H,23,24);1H. The molecule has 1 aromatic carbocycles. The van der Waals surface area contributed by atoms with Gasteiger partial charge in [-0.3, -0.25) is 14.7 Å². The van der Waals surface area contributed by atoms with Crippen LogP contribution in [0.2, 0.25) is 0 Å². The van der Waals surface area contributed by atoms with Crippen molar-refractivity contribution in [1.82, 2.24) is 15.1 Å². The number of piperidine rings is 1. The van der Waals surface area contributed by atoms with Crippen molar-refractivity contribution in [2.24, 2.45) is 16.6 Å². The molecule has 1 amide bonds. The predicted octanol–water partition coefficient (Wildman–Crippen LogP) is 2.81. The molecular weight excluding hydrogens is 465 g/mol. The molecule has 0 radical (unpaired) electrons. The molecule has 28 heavy (non-hydrogen) atoms. The molecule has 3 N–H and O–H groups in total. The molecule has 0 aliphatic carbocycles. The maximum absolute atomic E-state index is 11.3. The normalized spacial score (nSPS) is 17.6. The molecule has 1 atom stereocenters. The Morgan fingerprint density at radius 2 is 2.04 bits per heavy atom. The van der Waals surface area contributed by atoms with Crippen LogP contribution in [0.5, 0.6) is 0 Å². The van der Waals surface area contributed by atoms with E-state index in [4.69, 9.17) is 5.73 Å². The topological polar surface area (TPSA) is 74.0 Å². The molecule has 0 bridgehead atoms. The largest absolute Gasteiger partial charge is 0.370 e. The lowest BCUT2D eigenvalue weighted by Gasteiger charge is -2.34. The maximum atomic E-state index is 11.3. The lowest BCUT2D eigenvalue weighted by Crippen LogP contribution is -2.47. The van der Waals surface area contributed by atoms with Crippen LogP contribution in [0.3, 0.4) is 0 Å². The number of guanidine groups is 1. The summed E-state index contributed by atoms with van der Waals surface area (Å²) in [7, 11) is 3.97. The van der Waals surface area contributed by atoms with Crippen molar-refractivity contribution in [1.29, 1.82) is 0 Å². The van der Waals surface area contributed by atoms with E-state index in [-0.39, 0.29) is 29.9 Å². The molecule has 1 aliphatic rings. The Kier molecular flexibility index (Phi) is 10.8. The highest BCUT2D eigenvalue weighted by Crippen LogP contribution is 2.19. The number of carbonyl (C=O) groups excluding carboxylic acids is 1. The molecule has 1 fully saturated rings. The second-order valence-corrected chi connectivity index (χ2v) is 7.80. The van der Waals surface area contributed by atoms with Crippen molar-refractivity contribution in [2.75, 3.05) is 27.2 Å². The first-order valence-electron chi connectivity index (χ1n) is 9.91. The van der Waals surface area contributed by atoms with Crippen molar-refractivity contribution in [3.8, 4) is 0 Å². The Bertz CT molecular complexity index is 649. The molecule has 0 aromatic heterocycles. The minimum absolute atomic E-state index is 0. The lowest BCUT2D eigenvalue weighted by atomic mass is 9.95. The minimum atomic E-state index is -0.215. The summed E-state index contributed by atoms with van der Waals surface area (Å²) in [6.45, 7) is 7.89. The zero-order chi connectivity index (χ0) is 19.8. The molecule has 0 saturated carbocycles. The molecule has 1 aromatic rings. The summed E-state index contributed by atoms with van der Waals surface area (Å²) in [6, 6.07) is 9.07. The SMILES string of the molecule is CN=C(NCc1ccccc1CN(C)C(C)C)N1CCCC(CC(N)=O)C1.I. The van der Waals surface area contributed by atoms with E-state index in [1.165, 1.54) is 11.1 Å². The molecule has 1 heterocycles. The smallest absolute Gasteiger partial charge is 0.217 e. The highest BCUT2D eigenvalue weighted by Gasteiger charge is 2.23. The van der Waals surface area contributed by atoms with Gasteiger partial charge in [0.15, 0.2) is 5.96 Å². The van der Waals surface area contributed by atoms with E-state index in [9.17, 15) is 4.79 Å². The Hall–Kier alpha value is -1.35. The number of likely N-dealkylation sites (tertiary alicyclic amines) is 1. The van der Waals surface area contributed by atoms with Crippen LogP contribution in [0.1, 0.15) is 44.2 Å². The molecule has 7 heteroatoms. The Labute approximate surface area is 187 Å². The number of aliphatic imine (C=N–C) groups is 1. The first kappa shape index (κ1) is 24.7. The summed E-state index contributed by atoms with van der Waals surface area (Å²) >= 11 is 0. The molecule has 158 valence electrons. The number of hydrogen-bond acceptors (Lipinski definition) is 3. The third kappa shape index (κ3) is 7.58. The molecule has 1 saturated heterocycles.